The summed E-state index contributed by atoms with van der Waals surface area (Å²) in [6, 6.07) is 34.3. The van der Waals surface area contributed by atoms with Gasteiger partial charge in [0, 0.05) is 195 Å². The number of rotatable bonds is 21. The third-order valence-corrected chi connectivity index (χ3v) is 31.9. The monoisotopic (exact) mass is 2160 g/mol. The molecule has 22 rings (SSSR count). The smallest absolute Gasteiger partial charge is 0.389 e. The van der Waals surface area contributed by atoms with Crippen molar-refractivity contribution in [2.45, 2.75) is 161 Å². The minimum absolute atomic E-state index is 0.186. The van der Waals surface area contributed by atoms with Gasteiger partial charge in [-0.05, 0) is 196 Å². The van der Waals surface area contributed by atoms with E-state index in [1.165, 1.54) is 53.8 Å². The highest BCUT2D eigenvalue weighted by Gasteiger charge is 2.43. The fourth-order valence-electron chi connectivity index (χ4n) is 21.8. The molecular formula is C104H130Cl2F3N27O11S3. The maximum absolute atomic E-state index is 14.0. The van der Waals surface area contributed by atoms with Crippen LogP contribution >= 0.6 is 23.2 Å². The van der Waals surface area contributed by atoms with Crippen LogP contribution in [0, 0.1) is 32.6 Å². The van der Waals surface area contributed by atoms with Crippen LogP contribution in [0.2, 0.25) is 10.0 Å². The number of likely N-dealkylation sites (tertiary alicyclic amines) is 4. The molecule has 0 aliphatic carbocycles. The molecule has 4 amide bonds. The number of aryl methyl sites for hydroxylation is 3. The molecule has 4 aromatic carbocycles. The fourth-order valence-corrected chi connectivity index (χ4v) is 23.9. The van der Waals surface area contributed by atoms with Gasteiger partial charge in [0.2, 0.25) is 30.1 Å². The zero-order chi connectivity index (χ0) is 106. The molecule has 0 saturated carbocycles. The van der Waals surface area contributed by atoms with Crippen LogP contribution in [0.25, 0.3) is 22.6 Å². The standard InChI is InChI=1S/2C28H37ClN8O3S.C26H29F3N6O2.C22H27N5O3S/c1-19-17-35(18-19)25-16-27(34-12-10-33(2)11-13-34)37-26(30-25)15-23(31-37)24-6-4-5-9-36(24)28(38)21-14-20(29)7-8-22(21)32-41(3,39)40;1-3-33-13-15-35(16-14-33)27-19-25(34-10-6-11-34)30-26-18-23(31-37(26)27)24-7-4-5-12-36(24)28(38)21-17-20(29)8-9-22(21)32-41(2,39)40;1-16-12-32(13-16)22-11-24(33-14-17(36)15-33)35-23(30-22)10-20(31-35)21-8-4-5-9-34(21)25(37)18-6-2-3-7-19(18)26(27,28)29;1-14-8-9-18(25-31(4,29)30)17(11-14)22(28)26-10-6-5-7-20(26)19-13-21-23-15(2)12-16(3)27(21)24-19/h7-8,14-16,19,24,32H,4-6,9-13,17-18H2,1-3H3;8-9,17-19,24,32H,3-7,10-16H2,1-2H3;2-3,6-7,10-11,16-17,21,36H,4-5,8-9,12-15H2,1H3;8-9,11-13,20,25H,5-7,10H2,1-4H3/t2*24-;21-;20-/m0000/s1. The van der Waals surface area contributed by atoms with Crippen molar-refractivity contribution in [3.63, 3.8) is 0 Å². The van der Waals surface area contributed by atoms with Crippen molar-refractivity contribution in [3.8, 4) is 0 Å². The Balaban J connectivity index is 0.000000126. The molecule has 10 saturated heterocycles. The lowest BCUT2D eigenvalue weighted by Gasteiger charge is -2.40. The molecule has 10 fully saturated rings. The van der Waals surface area contributed by atoms with Gasteiger partial charge in [-0.25, -0.2) is 49.7 Å². The summed E-state index contributed by atoms with van der Waals surface area (Å²) in [6.07, 6.45) is 9.38. The molecule has 46 heteroatoms. The fraction of sp³-hybridized carbons (Fsp3) is 0.500. The summed E-state index contributed by atoms with van der Waals surface area (Å²) in [6.45, 7) is 29.9. The highest BCUT2D eigenvalue weighted by molar-refractivity contribution is 7.92. The van der Waals surface area contributed by atoms with E-state index in [0.29, 0.717) is 90.2 Å². The molecular weight excluding hydrogens is 2030 g/mol. The van der Waals surface area contributed by atoms with Crippen molar-refractivity contribution < 1.29 is 62.7 Å². The second-order valence-corrected chi connectivity index (χ2v) is 47.7. The van der Waals surface area contributed by atoms with E-state index >= 15 is 0 Å². The Morgan fingerprint density at radius 2 is 0.753 bits per heavy atom. The Kier molecular flexibility index (Phi) is 30.9. The van der Waals surface area contributed by atoms with E-state index in [2.05, 4.69) is 93.4 Å². The predicted octanol–water partition coefficient (Wildman–Crippen LogP) is 13.9. The number of piperazine rings is 2. The van der Waals surface area contributed by atoms with Crippen molar-refractivity contribution in [3.05, 3.63) is 205 Å². The number of hydrogen-bond acceptors (Lipinski definition) is 27. The van der Waals surface area contributed by atoms with E-state index in [0.717, 1.165) is 280 Å². The van der Waals surface area contributed by atoms with Crippen LogP contribution in [-0.2, 0) is 36.2 Å². The highest BCUT2D eigenvalue weighted by Crippen LogP contribution is 2.44. The minimum atomic E-state index is -4.62. The molecule has 10 aliphatic heterocycles. The van der Waals surface area contributed by atoms with Crippen LogP contribution in [0.4, 0.5) is 65.1 Å². The van der Waals surface area contributed by atoms with E-state index in [9.17, 15) is 62.7 Å². The van der Waals surface area contributed by atoms with E-state index in [1.54, 1.807) is 44.6 Å². The SMILES string of the molecule is CC1CN(c2cc(N3CC(O)C3)n3nc([C@@H]4CCCCN4C(=O)c4ccccc4C(F)(F)F)cc3n2)C1.CC1CN(c2cc(N3CCN(C)CC3)n3nc([C@@H]4CCCCN4C(=O)c4cc(Cl)ccc4NS(C)(=O)=O)cc3n2)C1.CCN1CCN(c2cc(N3CCC3)nc3cc([C@@H]4CCCCN4C(=O)c4cc(Cl)ccc4NS(C)(=O)=O)nn23)CC1.Cc1ccc(NS(C)(=O)=O)c(C(=O)N2CCCC[C@H]2c2cc3nc(C)cc(C)n3n2)c1. The normalized spacial score (nSPS) is 20.1. The number of piperidine rings is 4. The van der Waals surface area contributed by atoms with Crippen molar-refractivity contribution in [1.29, 1.82) is 0 Å². The molecule has 800 valence electrons. The summed E-state index contributed by atoms with van der Waals surface area (Å²) in [4.78, 5) is 99.8. The molecule has 38 nitrogen and oxygen atoms in total. The van der Waals surface area contributed by atoms with Crippen LogP contribution in [-0.4, -0.2) is 311 Å². The van der Waals surface area contributed by atoms with Gasteiger partial charge >= 0.3 is 6.18 Å². The third-order valence-electron chi connectivity index (χ3n) is 29.7. The first-order chi connectivity index (χ1) is 71.6. The molecule has 0 spiro atoms. The number of fused-ring (bicyclic) bond motifs is 4. The van der Waals surface area contributed by atoms with E-state index in [1.807, 2.05) is 80.5 Å². The quantitative estimate of drug-likeness (QED) is 0.0519. The predicted molar refractivity (Wildman–Crippen MR) is 575 cm³/mol. The topological polar surface area (TPSA) is 387 Å². The zero-order valence-electron chi connectivity index (χ0n) is 86.1. The Morgan fingerprint density at radius 1 is 0.393 bits per heavy atom. The summed E-state index contributed by atoms with van der Waals surface area (Å²) in [5.74, 6) is 5.49. The first-order valence-corrected chi connectivity index (χ1v) is 58.2. The zero-order valence-corrected chi connectivity index (χ0v) is 90.0. The number of nitrogens with zero attached hydrogens (tertiary/aromatic N) is 24. The second-order valence-electron chi connectivity index (χ2n) is 41.6. The van der Waals surface area contributed by atoms with Crippen molar-refractivity contribution >= 4 is 151 Å². The van der Waals surface area contributed by atoms with E-state index < -0.39 is 59.9 Å². The van der Waals surface area contributed by atoms with Crippen LogP contribution < -0.4 is 43.6 Å². The number of benzene rings is 4. The molecule has 18 heterocycles. The van der Waals surface area contributed by atoms with Gasteiger partial charge in [-0.3, -0.25) is 33.3 Å². The van der Waals surface area contributed by atoms with Crippen molar-refractivity contribution in [2.24, 2.45) is 11.8 Å². The minimum Gasteiger partial charge on any atom is -0.389 e. The average molecular weight is 2160 g/mol. The van der Waals surface area contributed by atoms with Crippen molar-refractivity contribution in [2.75, 3.05) is 207 Å². The first kappa shape index (κ1) is 106. The van der Waals surface area contributed by atoms with Crippen molar-refractivity contribution in [1.82, 2.24) is 87.8 Å². The number of β-amino-alcohol motifs (C(OH)–C–C–N with tert-alkyl or cyclic N) is 1. The number of likely N-dealkylation sites (N-methyl/N-ethyl adjacent to an activating group) is 2. The van der Waals surface area contributed by atoms with Crippen LogP contribution in [0.3, 0.4) is 0 Å². The average Bonchev–Trinajstić information content (AvgIpc) is 1.55. The van der Waals surface area contributed by atoms with E-state index in [-0.39, 0.29) is 63.9 Å². The number of carbonyl (C=O) groups is 4. The number of anilines is 9. The van der Waals surface area contributed by atoms with Crippen LogP contribution in [0.1, 0.15) is 215 Å². The summed E-state index contributed by atoms with van der Waals surface area (Å²) in [7, 11) is -8.55. The summed E-state index contributed by atoms with van der Waals surface area (Å²) in [5.41, 5.74) is 9.00. The van der Waals surface area contributed by atoms with Gasteiger partial charge in [0.25, 0.3) is 23.6 Å². The van der Waals surface area contributed by atoms with Gasteiger partial charge < -0.3 is 63.9 Å². The molecule has 150 heavy (non-hydrogen) atoms. The molecule has 10 aliphatic rings. The molecule has 0 radical (unpaired) electrons. The molecule has 4 N–H and O–H groups in total. The van der Waals surface area contributed by atoms with Gasteiger partial charge in [0.15, 0.2) is 22.6 Å². The van der Waals surface area contributed by atoms with E-state index in [4.69, 9.17) is 58.5 Å². The second kappa shape index (κ2) is 43.7. The highest BCUT2D eigenvalue weighted by atomic mass is 35.5. The summed E-state index contributed by atoms with van der Waals surface area (Å²) >= 11 is 12.5. The Labute approximate surface area is 881 Å². The number of aliphatic hydroxyl groups is 1. The third kappa shape index (κ3) is 23.6. The lowest BCUT2D eigenvalue weighted by Crippen LogP contribution is -2.52. The number of alkyl halides is 3. The molecule has 0 unspecified atom stereocenters. The van der Waals surface area contributed by atoms with Gasteiger partial charge in [-0.1, -0.05) is 67.7 Å². The van der Waals surface area contributed by atoms with Crippen LogP contribution in [0.15, 0.2) is 127 Å². The maximum atomic E-state index is 14.0. The number of aliphatic hydroxyl groups excluding tert-OH is 1. The Hall–Kier alpha value is -12.5. The number of nitrogens with one attached hydrogen (secondary N) is 3. The van der Waals surface area contributed by atoms with Crippen LogP contribution in [0.5, 0.6) is 0 Å². The van der Waals surface area contributed by atoms with Gasteiger partial charge in [-0.15, -0.1) is 0 Å². The molecule has 12 aromatic rings. The first-order valence-electron chi connectivity index (χ1n) is 51.7. The number of carbonyl (C=O) groups excluding carboxylic acids is 4. The lowest BCUT2D eigenvalue weighted by molar-refractivity contribution is -0.138. The number of aromatic nitrogens is 12. The van der Waals surface area contributed by atoms with Gasteiger partial charge in [0.05, 0.1) is 117 Å². The molecule has 0 bridgehead atoms. The molecule has 4 atom stereocenters. The van der Waals surface area contributed by atoms with Gasteiger partial charge in [0.1, 0.15) is 34.9 Å². The summed E-state index contributed by atoms with van der Waals surface area (Å²) in [5, 5.41) is 30.3. The maximum Gasteiger partial charge on any atom is 0.417 e. The number of amides is 4. The number of sulfonamides is 3. The number of hydrogen-bond donors (Lipinski definition) is 4. The largest absolute Gasteiger partial charge is 0.417 e. The Bertz CT molecular complexity index is 7450. The van der Waals surface area contributed by atoms with Gasteiger partial charge in [-0.2, -0.15) is 47.1 Å². The summed E-state index contributed by atoms with van der Waals surface area (Å²) < 4.78 is 128. The lowest BCUT2D eigenvalue weighted by atomic mass is 9.97. The molecule has 8 aromatic heterocycles. The number of halogens is 5. The Morgan fingerprint density at radius 3 is 1.13 bits per heavy atom.